The van der Waals surface area contributed by atoms with Crippen molar-refractivity contribution in [3.05, 3.63) is 71.3 Å². The van der Waals surface area contributed by atoms with Crippen LogP contribution in [0.5, 0.6) is 0 Å². The molecule has 0 saturated heterocycles. The van der Waals surface area contributed by atoms with Gasteiger partial charge in [-0.05, 0) is 23.8 Å². The van der Waals surface area contributed by atoms with Crippen molar-refractivity contribution in [3.8, 4) is 0 Å². The molecule has 20 heavy (non-hydrogen) atoms. The van der Waals surface area contributed by atoms with Crippen molar-refractivity contribution in [2.45, 2.75) is 11.8 Å². The molecule has 0 heterocycles. The number of benzene rings is 2. The third kappa shape index (κ3) is 2.27. The third-order valence-corrected chi connectivity index (χ3v) is 2.94. The smallest absolute Gasteiger partial charge is 0.372 e. The van der Waals surface area contributed by atoms with Crippen LogP contribution in [0, 0.1) is 11.6 Å². The van der Waals surface area contributed by atoms with E-state index in [1.807, 2.05) is 0 Å². The van der Waals surface area contributed by atoms with Crippen LogP contribution in [0.1, 0.15) is 11.1 Å². The monoisotopic (exact) mass is 288 g/mol. The summed E-state index contributed by atoms with van der Waals surface area (Å²) in [4.78, 5) is 0. The Kier molecular flexibility index (Phi) is 3.52. The average molecular weight is 288 g/mol. The largest absolute Gasteiger partial charge is 0.425 e. The van der Waals surface area contributed by atoms with Gasteiger partial charge < -0.3 is 5.11 Å². The first-order valence-corrected chi connectivity index (χ1v) is 5.57. The van der Waals surface area contributed by atoms with Crippen LogP contribution in [0.2, 0.25) is 0 Å². The number of halogens is 5. The fraction of sp³-hybridized carbons (Fsp3) is 0.143. The molecule has 2 rings (SSSR count). The van der Waals surface area contributed by atoms with Gasteiger partial charge in [-0.1, -0.05) is 30.3 Å². The Hall–Kier alpha value is -1.95. The minimum atomic E-state index is -5.16. The van der Waals surface area contributed by atoms with Gasteiger partial charge in [0.05, 0.1) is 0 Å². The molecule has 1 atom stereocenters. The highest BCUT2D eigenvalue weighted by molar-refractivity contribution is 5.38. The van der Waals surface area contributed by atoms with Gasteiger partial charge in [-0.2, -0.15) is 13.2 Å². The first-order valence-electron chi connectivity index (χ1n) is 5.57. The molecule has 6 heteroatoms. The second-order valence-corrected chi connectivity index (χ2v) is 4.19. The molecule has 0 unspecified atom stereocenters. The maximum absolute atomic E-state index is 13.6. The first kappa shape index (κ1) is 14.5. The van der Waals surface area contributed by atoms with Crippen molar-refractivity contribution >= 4 is 0 Å². The summed E-state index contributed by atoms with van der Waals surface area (Å²) in [5.74, 6) is -1.96. The molecule has 106 valence electrons. The molecule has 0 saturated carbocycles. The van der Waals surface area contributed by atoms with E-state index in [9.17, 15) is 27.1 Å². The lowest BCUT2D eigenvalue weighted by atomic mass is 9.85. The second kappa shape index (κ2) is 4.86. The summed E-state index contributed by atoms with van der Waals surface area (Å²) in [6.07, 6.45) is -5.16. The zero-order valence-electron chi connectivity index (χ0n) is 9.96. The first-order chi connectivity index (χ1) is 9.26. The van der Waals surface area contributed by atoms with Gasteiger partial charge in [0, 0.05) is 5.56 Å². The van der Waals surface area contributed by atoms with E-state index >= 15 is 0 Å². The lowest BCUT2D eigenvalue weighted by molar-refractivity contribution is -0.249. The molecular formula is C14H9F5O. The van der Waals surface area contributed by atoms with Crippen LogP contribution in [0.4, 0.5) is 22.0 Å². The lowest BCUT2D eigenvalue weighted by Crippen LogP contribution is -2.44. The van der Waals surface area contributed by atoms with E-state index in [-0.39, 0.29) is 0 Å². The Labute approximate surface area is 111 Å². The van der Waals surface area contributed by atoms with Crippen molar-refractivity contribution in [2.24, 2.45) is 0 Å². The summed E-state index contributed by atoms with van der Waals surface area (Å²) in [6, 6.07) is 7.13. The molecule has 0 fully saturated rings. The highest BCUT2D eigenvalue weighted by atomic mass is 19.4. The zero-order chi connectivity index (χ0) is 15.0. The predicted molar refractivity (Wildman–Crippen MR) is 61.9 cm³/mol. The maximum Gasteiger partial charge on any atom is 0.425 e. The summed E-state index contributed by atoms with van der Waals surface area (Å²) in [5.41, 5.74) is -5.12. The Morgan fingerprint density at radius 3 is 1.85 bits per heavy atom. The molecule has 1 nitrogen and oxygen atoms in total. The normalized spacial score (nSPS) is 14.9. The summed E-state index contributed by atoms with van der Waals surface area (Å²) in [6.45, 7) is 0. The minimum Gasteiger partial charge on any atom is -0.372 e. The summed E-state index contributed by atoms with van der Waals surface area (Å²) in [5, 5.41) is 10.1. The van der Waals surface area contributed by atoms with Crippen LogP contribution in [-0.2, 0) is 5.60 Å². The van der Waals surface area contributed by atoms with Crippen molar-refractivity contribution in [1.82, 2.24) is 0 Å². The molecule has 0 aromatic heterocycles. The van der Waals surface area contributed by atoms with Gasteiger partial charge in [-0.3, -0.25) is 0 Å². The van der Waals surface area contributed by atoms with Crippen LogP contribution in [0.25, 0.3) is 0 Å². The van der Waals surface area contributed by atoms with Crippen molar-refractivity contribution < 1.29 is 27.1 Å². The van der Waals surface area contributed by atoms with Gasteiger partial charge in [0.1, 0.15) is 11.6 Å². The molecule has 0 bridgehead atoms. The maximum atomic E-state index is 13.6. The van der Waals surface area contributed by atoms with Crippen molar-refractivity contribution in [2.75, 3.05) is 0 Å². The van der Waals surface area contributed by atoms with E-state index in [1.54, 1.807) is 0 Å². The van der Waals surface area contributed by atoms with E-state index in [0.717, 1.165) is 36.4 Å². The van der Waals surface area contributed by atoms with Crippen LogP contribution in [0.15, 0.2) is 48.5 Å². The molecule has 0 amide bonds. The van der Waals surface area contributed by atoms with E-state index in [1.165, 1.54) is 12.1 Å². The van der Waals surface area contributed by atoms with Gasteiger partial charge in [0.2, 0.25) is 5.60 Å². The summed E-state index contributed by atoms with van der Waals surface area (Å²) >= 11 is 0. The molecule has 2 aromatic rings. The SMILES string of the molecule is O[C@](c1ccc(F)cc1)(c1ccccc1F)C(F)(F)F. The standard InChI is InChI=1S/C14H9F5O/c15-10-7-5-9(6-8-10)13(20,14(17,18)19)11-3-1-2-4-12(11)16/h1-8,20H/t13-/m1/s1. The zero-order valence-corrected chi connectivity index (χ0v) is 9.96. The van der Waals surface area contributed by atoms with Gasteiger partial charge >= 0.3 is 6.18 Å². The van der Waals surface area contributed by atoms with Gasteiger partial charge in [-0.15, -0.1) is 0 Å². The number of hydrogen-bond acceptors (Lipinski definition) is 1. The third-order valence-electron chi connectivity index (χ3n) is 2.94. The molecule has 2 aromatic carbocycles. The molecule has 1 N–H and O–H groups in total. The topological polar surface area (TPSA) is 20.2 Å². The molecule has 0 radical (unpaired) electrons. The molecule has 0 spiro atoms. The quantitative estimate of drug-likeness (QED) is 0.834. The van der Waals surface area contributed by atoms with Crippen LogP contribution in [-0.4, -0.2) is 11.3 Å². The fourth-order valence-electron chi connectivity index (χ4n) is 1.92. The Morgan fingerprint density at radius 2 is 1.35 bits per heavy atom. The highest BCUT2D eigenvalue weighted by Crippen LogP contribution is 2.44. The molecular weight excluding hydrogens is 279 g/mol. The van der Waals surface area contributed by atoms with E-state index < -0.39 is 34.5 Å². The van der Waals surface area contributed by atoms with Crippen LogP contribution < -0.4 is 0 Å². The van der Waals surface area contributed by atoms with Gasteiger partial charge in [0.25, 0.3) is 0 Å². The number of rotatable bonds is 2. The summed E-state index contributed by atoms with van der Waals surface area (Å²) < 4.78 is 66.2. The predicted octanol–water partition coefficient (Wildman–Crippen LogP) is 3.76. The van der Waals surface area contributed by atoms with E-state index in [0.29, 0.717) is 0 Å². The molecule has 0 aliphatic heterocycles. The Bertz CT molecular complexity index is 606. The number of hydrogen-bond donors (Lipinski definition) is 1. The lowest BCUT2D eigenvalue weighted by Gasteiger charge is -2.31. The fourth-order valence-corrected chi connectivity index (χ4v) is 1.92. The van der Waals surface area contributed by atoms with E-state index in [2.05, 4.69) is 0 Å². The van der Waals surface area contributed by atoms with Crippen LogP contribution >= 0.6 is 0 Å². The second-order valence-electron chi connectivity index (χ2n) is 4.19. The molecule has 0 aliphatic rings. The Morgan fingerprint density at radius 1 is 0.800 bits per heavy atom. The van der Waals surface area contributed by atoms with Crippen molar-refractivity contribution in [3.63, 3.8) is 0 Å². The minimum absolute atomic E-state index is 0.656. The number of aliphatic hydroxyl groups is 1. The average Bonchev–Trinajstić information content (AvgIpc) is 2.38. The number of alkyl halides is 3. The van der Waals surface area contributed by atoms with Crippen LogP contribution in [0.3, 0.4) is 0 Å². The van der Waals surface area contributed by atoms with Gasteiger partial charge in [-0.25, -0.2) is 8.78 Å². The Balaban J connectivity index is 2.70. The summed E-state index contributed by atoms with van der Waals surface area (Å²) in [7, 11) is 0. The highest BCUT2D eigenvalue weighted by Gasteiger charge is 2.57. The van der Waals surface area contributed by atoms with E-state index in [4.69, 9.17) is 0 Å². The molecule has 0 aliphatic carbocycles. The van der Waals surface area contributed by atoms with Gasteiger partial charge in [0.15, 0.2) is 0 Å². The van der Waals surface area contributed by atoms with Crippen molar-refractivity contribution in [1.29, 1.82) is 0 Å².